The summed E-state index contributed by atoms with van der Waals surface area (Å²) in [5.41, 5.74) is 1.90. The zero-order valence-corrected chi connectivity index (χ0v) is 22.3. The van der Waals surface area contributed by atoms with Crippen LogP contribution < -0.4 is 10.3 Å². The molecule has 196 valence electrons. The minimum absolute atomic E-state index is 0.0466. The summed E-state index contributed by atoms with van der Waals surface area (Å²) in [6, 6.07) is 27.0. The van der Waals surface area contributed by atoms with Crippen LogP contribution in [0.1, 0.15) is 11.1 Å². The molecule has 0 atom stereocenters. The fourth-order valence-corrected chi connectivity index (χ4v) is 4.23. The molecule has 10 heteroatoms. The highest BCUT2D eigenvalue weighted by Crippen LogP contribution is 2.23. The number of carbonyl (C=O) groups is 1. The van der Waals surface area contributed by atoms with Crippen molar-refractivity contribution in [2.24, 2.45) is 5.10 Å². The van der Waals surface area contributed by atoms with Gasteiger partial charge in [0.05, 0.1) is 22.0 Å². The van der Waals surface area contributed by atoms with Crippen LogP contribution >= 0.6 is 15.9 Å². The van der Waals surface area contributed by atoms with E-state index in [0.29, 0.717) is 37.9 Å². The first-order valence-electron chi connectivity index (χ1n) is 11.9. The third-order valence-corrected chi connectivity index (χ3v) is 6.29. The Morgan fingerprint density at radius 2 is 1.70 bits per heavy atom. The summed E-state index contributed by atoms with van der Waals surface area (Å²) in [6.45, 7) is 0. The molecule has 0 aliphatic rings. The van der Waals surface area contributed by atoms with Crippen molar-refractivity contribution in [2.45, 2.75) is 0 Å². The number of para-hydroxylation sites is 1. The zero-order chi connectivity index (χ0) is 28.1. The van der Waals surface area contributed by atoms with Gasteiger partial charge in [-0.1, -0.05) is 58.4 Å². The Kier molecular flexibility index (Phi) is 7.70. The SMILES string of the molecule is O=C(/C=C/c1ccc([N+](=O)[O-])cc1)Oc1ccc(Br)cc1C=Nn1c(-c2ccccc2)nc2ccccc2c1=O. The second-order valence-electron chi connectivity index (χ2n) is 8.47. The summed E-state index contributed by atoms with van der Waals surface area (Å²) in [5.74, 6) is -0.0849. The maximum absolute atomic E-state index is 13.4. The molecule has 1 aromatic heterocycles. The number of ether oxygens (including phenoxy) is 1. The van der Waals surface area contributed by atoms with Crippen molar-refractivity contribution in [3.8, 4) is 17.1 Å². The number of nitro groups is 1. The molecule has 40 heavy (non-hydrogen) atoms. The van der Waals surface area contributed by atoms with Crippen LogP contribution in [0, 0.1) is 10.1 Å². The Balaban J connectivity index is 1.47. The highest BCUT2D eigenvalue weighted by molar-refractivity contribution is 9.10. The fraction of sp³-hybridized carbons (Fsp3) is 0. The van der Waals surface area contributed by atoms with E-state index in [4.69, 9.17) is 4.74 Å². The molecular formula is C30H19BrN4O5. The predicted molar refractivity (Wildman–Crippen MR) is 156 cm³/mol. The number of nitro benzene ring substituents is 1. The standard InChI is InChI=1S/C30H19BrN4O5/c31-23-13-16-27(40-28(36)17-12-20-10-14-24(15-11-20)35(38)39)22(18-23)19-32-34-29(21-6-2-1-3-7-21)33-26-9-5-4-8-25(26)30(34)37/h1-19H/b17-12+,32-19?. The summed E-state index contributed by atoms with van der Waals surface area (Å²) in [6.07, 6.45) is 4.14. The number of aromatic nitrogens is 2. The van der Waals surface area contributed by atoms with Crippen LogP contribution in [-0.4, -0.2) is 26.8 Å². The van der Waals surface area contributed by atoms with Gasteiger partial charge in [-0.2, -0.15) is 9.78 Å². The van der Waals surface area contributed by atoms with Crippen LogP contribution in [-0.2, 0) is 4.79 Å². The van der Waals surface area contributed by atoms with E-state index in [0.717, 1.165) is 0 Å². The first-order chi connectivity index (χ1) is 19.4. The van der Waals surface area contributed by atoms with Crippen molar-refractivity contribution in [3.05, 3.63) is 139 Å². The van der Waals surface area contributed by atoms with Gasteiger partial charge in [0.1, 0.15) is 5.75 Å². The van der Waals surface area contributed by atoms with Crippen LogP contribution in [0.3, 0.4) is 0 Å². The lowest BCUT2D eigenvalue weighted by Gasteiger charge is -2.10. The van der Waals surface area contributed by atoms with Gasteiger partial charge in [0.25, 0.3) is 11.2 Å². The minimum Gasteiger partial charge on any atom is -0.423 e. The molecule has 0 saturated carbocycles. The van der Waals surface area contributed by atoms with E-state index in [1.807, 2.05) is 36.4 Å². The summed E-state index contributed by atoms with van der Waals surface area (Å²) in [7, 11) is 0. The first kappa shape index (κ1) is 26.4. The van der Waals surface area contributed by atoms with Crippen molar-refractivity contribution in [1.82, 2.24) is 9.66 Å². The van der Waals surface area contributed by atoms with Crippen LogP contribution in [0.25, 0.3) is 28.4 Å². The highest BCUT2D eigenvalue weighted by atomic mass is 79.9. The molecule has 5 rings (SSSR count). The smallest absolute Gasteiger partial charge is 0.336 e. The Morgan fingerprint density at radius 3 is 2.45 bits per heavy atom. The molecule has 4 aromatic carbocycles. The van der Waals surface area contributed by atoms with Crippen molar-refractivity contribution < 1.29 is 14.5 Å². The van der Waals surface area contributed by atoms with E-state index < -0.39 is 10.9 Å². The molecule has 5 aromatic rings. The number of esters is 1. The Labute approximate surface area is 236 Å². The molecule has 0 bridgehead atoms. The van der Waals surface area contributed by atoms with E-state index in [2.05, 4.69) is 26.0 Å². The van der Waals surface area contributed by atoms with Crippen molar-refractivity contribution in [3.63, 3.8) is 0 Å². The molecule has 0 spiro atoms. The number of halogens is 1. The molecule has 0 saturated heterocycles. The van der Waals surface area contributed by atoms with Crippen LogP contribution in [0.5, 0.6) is 5.75 Å². The quantitative estimate of drug-likeness (QED) is 0.0550. The predicted octanol–water partition coefficient (Wildman–Crippen LogP) is 6.24. The minimum atomic E-state index is -0.662. The molecule has 0 N–H and O–H groups in total. The number of rotatable bonds is 7. The van der Waals surface area contributed by atoms with E-state index in [-0.39, 0.29) is 17.0 Å². The van der Waals surface area contributed by atoms with Crippen molar-refractivity contribution in [1.29, 1.82) is 0 Å². The van der Waals surface area contributed by atoms with E-state index in [1.54, 1.807) is 36.4 Å². The van der Waals surface area contributed by atoms with Gasteiger partial charge in [-0.15, -0.1) is 0 Å². The molecule has 0 amide bonds. The number of hydrogen-bond donors (Lipinski definition) is 0. The fourth-order valence-electron chi connectivity index (χ4n) is 3.85. The summed E-state index contributed by atoms with van der Waals surface area (Å²) >= 11 is 3.42. The normalized spacial score (nSPS) is 11.3. The topological polar surface area (TPSA) is 117 Å². The number of non-ortho nitro benzene ring substituents is 1. The van der Waals surface area contributed by atoms with Gasteiger partial charge in [-0.3, -0.25) is 14.9 Å². The average molecular weight is 595 g/mol. The number of benzene rings is 4. The van der Waals surface area contributed by atoms with E-state index in [9.17, 15) is 19.7 Å². The summed E-state index contributed by atoms with van der Waals surface area (Å²) in [5, 5.41) is 15.7. The Hall–Kier alpha value is -5.22. The maximum atomic E-state index is 13.4. The Bertz CT molecular complexity index is 1850. The maximum Gasteiger partial charge on any atom is 0.336 e. The number of carbonyl (C=O) groups excluding carboxylic acids is 1. The Morgan fingerprint density at radius 1 is 0.975 bits per heavy atom. The van der Waals surface area contributed by atoms with Gasteiger partial charge in [0.2, 0.25) is 0 Å². The van der Waals surface area contributed by atoms with Crippen LogP contribution in [0.2, 0.25) is 0 Å². The molecule has 0 unspecified atom stereocenters. The molecular weight excluding hydrogens is 576 g/mol. The second kappa shape index (κ2) is 11.7. The second-order valence-corrected chi connectivity index (χ2v) is 9.38. The number of fused-ring (bicyclic) bond motifs is 1. The average Bonchev–Trinajstić information content (AvgIpc) is 2.97. The third-order valence-electron chi connectivity index (χ3n) is 5.80. The number of hydrogen-bond acceptors (Lipinski definition) is 7. The van der Waals surface area contributed by atoms with Gasteiger partial charge in [0.15, 0.2) is 5.82 Å². The largest absolute Gasteiger partial charge is 0.423 e. The first-order valence-corrected chi connectivity index (χ1v) is 12.7. The van der Waals surface area contributed by atoms with Crippen molar-refractivity contribution in [2.75, 3.05) is 0 Å². The highest BCUT2D eigenvalue weighted by Gasteiger charge is 2.13. The van der Waals surface area contributed by atoms with Gasteiger partial charge in [-0.25, -0.2) is 9.78 Å². The lowest BCUT2D eigenvalue weighted by Crippen LogP contribution is -2.20. The summed E-state index contributed by atoms with van der Waals surface area (Å²) in [4.78, 5) is 41.0. The monoisotopic (exact) mass is 594 g/mol. The molecule has 0 fully saturated rings. The summed E-state index contributed by atoms with van der Waals surface area (Å²) < 4.78 is 7.47. The van der Waals surface area contributed by atoms with Gasteiger partial charge >= 0.3 is 5.97 Å². The lowest BCUT2D eigenvalue weighted by molar-refractivity contribution is -0.384. The van der Waals surface area contributed by atoms with E-state index >= 15 is 0 Å². The van der Waals surface area contributed by atoms with Crippen LogP contribution in [0.4, 0.5) is 5.69 Å². The van der Waals surface area contributed by atoms with Crippen LogP contribution in [0.15, 0.2) is 118 Å². The van der Waals surface area contributed by atoms with Gasteiger partial charge in [0, 0.05) is 33.8 Å². The molecule has 0 aliphatic carbocycles. The van der Waals surface area contributed by atoms with E-state index in [1.165, 1.54) is 47.3 Å². The lowest BCUT2D eigenvalue weighted by atomic mass is 10.2. The van der Waals surface area contributed by atoms with Crippen molar-refractivity contribution >= 4 is 50.8 Å². The van der Waals surface area contributed by atoms with Gasteiger partial charge in [-0.05, 0) is 54.1 Å². The zero-order valence-electron chi connectivity index (χ0n) is 20.7. The third kappa shape index (κ3) is 5.92. The van der Waals surface area contributed by atoms with Gasteiger partial charge < -0.3 is 4.74 Å². The molecule has 0 radical (unpaired) electrons. The molecule has 1 heterocycles. The number of nitrogens with zero attached hydrogens (tertiary/aromatic N) is 4. The molecule has 0 aliphatic heterocycles. The molecule has 9 nitrogen and oxygen atoms in total.